The van der Waals surface area contributed by atoms with Crippen molar-refractivity contribution in [3.8, 4) is 6.07 Å². The molecule has 0 amide bonds. The van der Waals surface area contributed by atoms with Gasteiger partial charge in [-0.2, -0.15) is 10.4 Å². The molecule has 0 saturated heterocycles. The fourth-order valence-electron chi connectivity index (χ4n) is 2.97. The Bertz CT molecular complexity index is 826. The molecule has 2 N–H and O–H groups in total. The number of nitriles is 1. The van der Waals surface area contributed by atoms with E-state index in [4.69, 9.17) is 11.6 Å². The van der Waals surface area contributed by atoms with E-state index in [0.717, 1.165) is 41.0 Å². The lowest BCUT2D eigenvalue weighted by Gasteiger charge is -2.27. The predicted molar refractivity (Wildman–Crippen MR) is 93.1 cm³/mol. The van der Waals surface area contributed by atoms with Crippen LogP contribution < -0.4 is 5.32 Å². The zero-order chi connectivity index (χ0) is 16.4. The third kappa shape index (κ3) is 2.64. The molecule has 116 valence electrons. The van der Waals surface area contributed by atoms with E-state index >= 15 is 0 Å². The van der Waals surface area contributed by atoms with E-state index in [1.165, 1.54) is 0 Å². The summed E-state index contributed by atoms with van der Waals surface area (Å²) < 4.78 is 0. The molecule has 1 aliphatic rings. The molecule has 1 unspecified atom stereocenters. The Labute approximate surface area is 140 Å². The normalized spacial score (nSPS) is 16.5. The van der Waals surface area contributed by atoms with Crippen molar-refractivity contribution < 1.29 is 0 Å². The lowest BCUT2D eigenvalue weighted by molar-refractivity contribution is 0.848. The third-order valence-electron chi connectivity index (χ3n) is 4.06. The van der Waals surface area contributed by atoms with Gasteiger partial charge in [-0.25, -0.2) is 0 Å². The molecule has 0 saturated carbocycles. The fourth-order valence-corrected chi connectivity index (χ4v) is 3.27. The van der Waals surface area contributed by atoms with Crippen LogP contribution in [0.15, 0.2) is 42.2 Å². The van der Waals surface area contributed by atoms with Crippen molar-refractivity contribution >= 4 is 23.5 Å². The van der Waals surface area contributed by atoms with Gasteiger partial charge in [0.1, 0.15) is 5.82 Å². The summed E-state index contributed by atoms with van der Waals surface area (Å²) in [5, 5.41) is 20.8. The van der Waals surface area contributed by atoms with Crippen LogP contribution in [0.5, 0.6) is 0 Å². The van der Waals surface area contributed by atoms with Crippen molar-refractivity contribution in [2.45, 2.75) is 25.7 Å². The minimum absolute atomic E-state index is 0.206. The molecule has 4 nitrogen and oxygen atoms in total. The Morgan fingerprint density at radius 2 is 2.26 bits per heavy atom. The molecular weight excluding hydrogens is 308 g/mol. The molecule has 1 aliphatic heterocycles. The second-order valence-corrected chi connectivity index (χ2v) is 5.90. The van der Waals surface area contributed by atoms with E-state index in [1.54, 1.807) is 12.3 Å². The topological polar surface area (TPSA) is 64.5 Å². The summed E-state index contributed by atoms with van der Waals surface area (Å²) in [4.78, 5) is 0. The second kappa shape index (κ2) is 6.31. The van der Waals surface area contributed by atoms with Crippen molar-refractivity contribution in [3.05, 3.63) is 64.0 Å². The third-order valence-corrected chi connectivity index (χ3v) is 4.39. The van der Waals surface area contributed by atoms with Crippen LogP contribution >= 0.6 is 11.6 Å². The maximum atomic E-state index is 9.74. The van der Waals surface area contributed by atoms with Gasteiger partial charge in [0.05, 0.1) is 23.8 Å². The molecule has 1 aromatic heterocycles. The van der Waals surface area contributed by atoms with E-state index in [-0.39, 0.29) is 5.92 Å². The second-order valence-electron chi connectivity index (χ2n) is 5.50. The van der Waals surface area contributed by atoms with Crippen LogP contribution in [0.3, 0.4) is 0 Å². The van der Waals surface area contributed by atoms with Gasteiger partial charge < -0.3 is 5.32 Å². The van der Waals surface area contributed by atoms with Gasteiger partial charge in [-0.15, -0.1) is 0 Å². The molecule has 2 aromatic rings. The number of nitrogens with zero attached hydrogens (tertiary/aromatic N) is 2. The first kappa shape index (κ1) is 15.4. The molecule has 0 aliphatic carbocycles. The number of benzene rings is 1. The van der Waals surface area contributed by atoms with Gasteiger partial charge in [-0.05, 0) is 23.6 Å². The zero-order valence-electron chi connectivity index (χ0n) is 12.9. The van der Waals surface area contributed by atoms with Gasteiger partial charge in [0.25, 0.3) is 0 Å². The summed E-state index contributed by atoms with van der Waals surface area (Å²) in [6, 6.07) is 8.17. The summed E-state index contributed by atoms with van der Waals surface area (Å²) in [7, 11) is 0. The van der Waals surface area contributed by atoms with E-state index in [1.807, 2.05) is 18.2 Å². The molecule has 0 radical (unpaired) electrons. The molecule has 2 heterocycles. The van der Waals surface area contributed by atoms with Gasteiger partial charge in [0.15, 0.2) is 0 Å². The molecule has 0 spiro atoms. The van der Waals surface area contributed by atoms with Crippen LogP contribution in [0, 0.1) is 11.3 Å². The van der Waals surface area contributed by atoms with Crippen molar-refractivity contribution in [1.82, 2.24) is 10.2 Å². The standard InChI is InChI=1S/C18H17ClN4/c1-3-5-16-13(9-20)17(14-10-21-23-18(14)22-16)12-7-6-11(4-2)8-15(12)19/h4,6-8,10,17H,2-3,5H2,1H3,(H2,21,22,23). The molecule has 1 atom stereocenters. The van der Waals surface area contributed by atoms with Crippen molar-refractivity contribution in [1.29, 1.82) is 5.26 Å². The Morgan fingerprint density at radius 1 is 1.43 bits per heavy atom. The van der Waals surface area contributed by atoms with Crippen LogP contribution in [0.2, 0.25) is 5.02 Å². The van der Waals surface area contributed by atoms with Gasteiger partial charge in [0, 0.05) is 16.3 Å². The van der Waals surface area contributed by atoms with E-state index < -0.39 is 0 Å². The number of fused-ring (bicyclic) bond motifs is 1. The molecule has 23 heavy (non-hydrogen) atoms. The summed E-state index contributed by atoms with van der Waals surface area (Å²) in [5.74, 6) is 0.629. The van der Waals surface area contributed by atoms with E-state index in [0.29, 0.717) is 10.6 Å². The predicted octanol–water partition coefficient (Wildman–Crippen LogP) is 4.84. The number of H-pyrrole nitrogens is 1. The Hall–Kier alpha value is -2.51. The summed E-state index contributed by atoms with van der Waals surface area (Å²) in [6.45, 7) is 5.85. The minimum atomic E-state index is -0.206. The molecule has 1 aromatic carbocycles. The highest BCUT2D eigenvalue weighted by Gasteiger charge is 2.31. The Kier molecular flexibility index (Phi) is 4.22. The molecule has 3 rings (SSSR count). The largest absolute Gasteiger partial charge is 0.343 e. The lowest BCUT2D eigenvalue weighted by atomic mass is 9.82. The van der Waals surface area contributed by atoms with Crippen LogP contribution in [0.4, 0.5) is 5.82 Å². The highest BCUT2D eigenvalue weighted by molar-refractivity contribution is 6.31. The fraction of sp³-hybridized carbons (Fsp3) is 0.222. The first-order valence-electron chi connectivity index (χ1n) is 7.54. The van der Waals surface area contributed by atoms with Crippen LogP contribution in [0.25, 0.3) is 6.08 Å². The molecule has 0 bridgehead atoms. The monoisotopic (exact) mass is 324 g/mol. The average molecular weight is 325 g/mol. The Morgan fingerprint density at radius 3 is 2.91 bits per heavy atom. The SMILES string of the molecule is C=Cc1ccc(C2C(C#N)=C(CCC)Nc3[nH]ncc32)c(Cl)c1. The maximum absolute atomic E-state index is 9.74. The number of halogens is 1. The molecule has 0 fully saturated rings. The smallest absolute Gasteiger partial charge is 0.129 e. The highest BCUT2D eigenvalue weighted by atomic mass is 35.5. The zero-order valence-corrected chi connectivity index (χ0v) is 13.6. The number of allylic oxidation sites excluding steroid dienone is 2. The molecule has 5 heteroatoms. The highest BCUT2D eigenvalue weighted by Crippen LogP contribution is 2.43. The van der Waals surface area contributed by atoms with E-state index in [9.17, 15) is 5.26 Å². The Balaban J connectivity index is 2.19. The first-order chi connectivity index (χ1) is 11.2. The minimum Gasteiger partial charge on any atom is -0.343 e. The van der Waals surface area contributed by atoms with E-state index in [2.05, 4.69) is 35.1 Å². The number of hydrogen-bond acceptors (Lipinski definition) is 3. The van der Waals surface area contributed by atoms with Crippen molar-refractivity contribution in [3.63, 3.8) is 0 Å². The summed E-state index contributed by atoms with van der Waals surface area (Å²) >= 11 is 6.49. The summed E-state index contributed by atoms with van der Waals surface area (Å²) in [6.07, 6.45) is 5.27. The maximum Gasteiger partial charge on any atom is 0.129 e. The number of nitrogens with one attached hydrogen (secondary N) is 2. The van der Waals surface area contributed by atoms with Gasteiger partial charge in [-0.1, -0.05) is 49.7 Å². The number of rotatable bonds is 4. The number of hydrogen-bond donors (Lipinski definition) is 2. The average Bonchev–Trinajstić information content (AvgIpc) is 3.02. The lowest BCUT2D eigenvalue weighted by Crippen LogP contribution is -2.18. The van der Waals surface area contributed by atoms with Crippen molar-refractivity contribution in [2.24, 2.45) is 0 Å². The number of anilines is 1. The van der Waals surface area contributed by atoms with Crippen LogP contribution in [0.1, 0.15) is 42.4 Å². The number of aromatic amines is 1. The molecular formula is C18H17ClN4. The van der Waals surface area contributed by atoms with Crippen LogP contribution in [-0.2, 0) is 0 Å². The summed E-state index contributed by atoms with van der Waals surface area (Å²) in [5.41, 5.74) is 4.44. The quantitative estimate of drug-likeness (QED) is 0.845. The van der Waals surface area contributed by atoms with Crippen LogP contribution in [-0.4, -0.2) is 10.2 Å². The van der Waals surface area contributed by atoms with Gasteiger partial charge >= 0.3 is 0 Å². The van der Waals surface area contributed by atoms with Gasteiger partial charge in [0.2, 0.25) is 0 Å². The van der Waals surface area contributed by atoms with Gasteiger partial charge in [-0.3, -0.25) is 5.10 Å². The first-order valence-corrected chi connectivity index (χ1v) is 7.92. The number of aromatic nitrogens is 2. The van der Waals surface area contributed by atoms with Crippen molar-refractivity contribution in [2.75, 3.05) is 5.32 Å².